The molecule has 0 aliphatic heterocycles. The van der Waals surface area contributed by atoms with Crippen molar-refractivity contribution in [3.8, 4) is 22.3 Å². The Hall–Kier alpha value is -5.60. The van der Waals surface area contributed by atoms with Gasteiger partial charge in [-0.2, -0.15) is 0 Å². The molecular weight excluding hydrogens is 571 g/mol. The van der Waals surface area contributed by atoms with Gasteiger partial charge in [0.15, 0.2) is 0 Å². The predicted molar refractivity (Wildman–Crippen MR) is 198 cm³/mol. The Balaban J connectivity index is 1.20. The number of furan rings is 1. The third-order valence-corrected chi connectivity index (χ3v) is 10.0. The van der Waals surface area contributed by atoms with Crippen LogP contribution in [0.1, 0.15) is 37.2 Å². The van der Waals surface area contributed by atoms with Gasteiger partial charge in [-0.15, -0.1) is 0 Å². The minimum atomic E-state index is 0.592. The lowest BCUT2D eigenvalue weighted by atomic mass is 9.92. The Morgan fingerprint density at radius 3 is 1.70 bits per heavy atom. The first-order valence-electron chi connectivity index (χ1n) is 16.8. The topological polar surface area (TPSA) is 16.4 Å². The van der Waals surface area contributed by atoms with E-state index in [1.807, 2.05) is 0 Å². The summed E-state index contributed by atoms with van der Waals surface area (Å²) >= 11 is 0. The molecule has 0 amide bonds. The van der Waals surface area contributed by atoms with E-state index in [4.69, 9.17) is 4.42 Å². The number of rotatable bonds is 6. The van der Waals surface area contributed by atoms with E-state index in [-0.39, 0.29) is 0 Å². The van der Waals surface area contributed by atoms with Crippen molar-refractivity contribution in [2.24, 2.45) is 0 Å². The second-order valence-corrected chi connectivity index (χ2v) is 12.8. The molecule has 0 radical (unpaired) electrons. The van der Waals surface area contributed by atoms with Crippen molar-refractivity contribution in [2.45, 2.75) is 31.6 Å². The fraction of sp³-hybridized carbons (Fsp3) is 0.111. The summed E-state index contributed by atoms with van der Waals surface area (Å²) in [5.41, 5.74) is 11.7. The highest BCUT2D eigenvalue weighted by molar-refractivity contribution is 6.20. The van der Waals surface area contributed by atoms with Crippen molar-refractivity contribution in [1.82, 2.24) is 0 Å². The van der Waals surface area contributed by atoms with E-state index in [1.165, 1.54) is 69.7 Å². The molecule has 0 unspecified atom stereocenters. The summed E-state index contributed by atoms with van der Waals surface area (Å²) in [5, 5.41) is 4.80. The van der Waals surface area contributed by atoms with E-state index in [2.05, 4.69) is 163 Å². The van der Waals surface area contributed by atoms with Crippen molar-refractivity contribution < 1.29 is 4.42 Å². The molecule has 0 spiro atoms. The third kappa shape index (κ3) is 4.89. The van der Waals surface area contributed by atoms with Crippen LogP contribution in [0.5, 0.6) is 0 Å². The molecular formula is C45H35NO. The van der Waals surface area contributed by atoms with Gasteiger partial charge in [0.1, 0.15) is 11.2 Å². The zero-order chi connectivity index (χ0) is 31.2. The maximum Gasteiger partial charge on any atom is 0.143 e. The second-order valence-electron chi connectivity index (χ2n) is 12.8. The lowest BCUT2D eigenvalue weighted by Gasteiger charge is -2.27. The van der Waals surface area contributed by atoms with Gasteiger partial charge >= 0.3 is 0 Å². The normalized spacial score (nSPS) is 13.5. The molecule has 1 saturated carbocycles. The van der Waals surface area contributed by atoms with Crippen LogP contribution in [0.2, 0.25) is 0 Å². The van der Waals surface area contributed by atoms with Gasteiger partial charge in [0.25, 0.3) is 0 Å². The highest BCUT2D eigenvalue weighted by Crippen LogP contribution is 2.47. The average molecular weight is 606 g/mol. The first-order chi connectivity index (χ1) is 23.3. The molecule has 0 atom stereocenters. The van der Waals surface area contributed by atoms with Crippen molar-refractivity contribution in [3.63, 3.8) is 0 Å². The van der Waals surface area contributed by atoms with Crippen LogP contribution < -0.4 is 4.90 Å². The number of nitrogens with zero attached hydrogens (tertiary/aromatic N) is 1. The monoisotopic (exact) mass is 605 g/mol. The van der Waals surface area contributed by atoms with Crippen LogP contribution in [0, 0.1) is 0 Å². The number of hydrogen-bond donors (Lipinski definition) is 0. The molecule has 1 heterocycles. The van der Waals surface area contributed by atoms with Crippen LogP contribution in [0.15, 0.2) is 162 Å². The predicted octanol–water partition coefficient (Wildman–Crippen LogP) is 13.2. The minimum absolute atomic E-state index is 0.592. The van der Waals surface area contributed by atoms with Gasteiger partial charge in [-0.25, -0.2) is 0 Å². The highest BCUT2D eigenvalue weighted by atomic mass is 16.3. The Morgan fingerprint density at radius 2 is 1.02 bits per heavy atom. The molecule has 0 bridgehead atoms. The molecule has 47 heavy (non-hydrogen) atoms. The Kier molecular flexibility index (Phi) is 6.86. The minimum Gasteiger partial charge on any atom is -0.455 e. The number of para-hydroxylation sites is 1. The quantitative estimate of drug-likeness (QED) is 0.187. The third-order valence-electron chi connectivity index (χ3n) is 10.0. The van der Waals surface area contributed by atoms with Crippen LogP contribution in [-0.4, -0.2) is 0 Å². The van der Waals surface area contributed by atoms with Crippen molar-refractivity contribution in [3.05, 3.63) is 163 Å². The number of hydrogen-bond acceptors (Lipinski definition) is 2. The summed E-state index contributed by atoms with van der Waals surface area (Å²) in [6.07, 6.45) is 5.12. The van der Waals surface area contributed by atoms with E-state index in [1.54, 1.807) is 0 Å². The molecule has 1 aromatic heterocycles. The van der Waals surface area contributed by atoms with Gasteiger partial charge in [0.2, 0.25) is 0 Å². The fourth-order valence-electron chi connectivity index (χ4n) is 7.71. The van der Waals surface area contributed by atoms with Gasteiger partial charge in [0.05, 0.1) is 5.69 Å². The molecule has 2 nitrogen and oxygen atoms in total. The van der Waals surface area contributed by atoms with E-state index in [0.29, 0.717) is 5.92 Å². The molecule has 2 heteroatoms. The summed E-state index contributed by atoms with van der Waals surface area (Å²) in [6, 6.07) is 56.9. The van der Waals surface area contributed by atoms with Crippen LogP contribution >= 0.6 is 0 Å². The van der Waals surface area contributed by atoms with Crippen LogP contribution in [0.4, 0.5) is 17.1 Å². The lowest BCUT2D eigenvalue weighted by molar-refractivity contribution is 0.670. The number of fused-ring (bicyclic) bond motifs is 5. The van der Waals surface area contributed by atoms with E-state index in [0.717, 1.165) is 33.6 Å². The smallest absolute Gasteiger partial charge is 0.143 e. The first kappa shape index (κ1) is 27.7. The largest absolute Gasteiger partial charge is 0.455 e. The molecule has 1 aliphatic rings. The first-order valence-corrected chi connectivity index (χ1v) is 16.8. The number of anilines is 3. The molecule has 1 aliphatic carbocycles. The zero-order valence-corrected chi connectivity index (χ0v) is 26.3. The summed E-state index contributed by atoms with van der Waals surface area (Å²) in [6.45, 7) is 0. The van der Waals surface area contributed by atoms with Crippen molar-refractivity contribution in [2.75, 3.05) is 4.90 Å². The second kappa shape index (κ2) is 11.6. The lowest BCUT2D eigenvalue weighted by Crippen LogP contribution is -2.10. The molecule has 226 valence electrons. The van der Waals surface area contributed by atoms with Gasteiger partial charge in [-0.05, 0) is 83.0 Å². The Labute approximate surface area is 275 Å². The maximum atomic E-state index is 6.69. The van der Waals surface area contributed by atoms with Gasteiger partial charge < -0.3 is 9.32 Å². The van der Waals surface area contributed by atoms with Crippen LogP contribution in [-0.2, 0) is 0 Å². The van der Waals surface area contributed by atoms with Crippen LogP contribution in [0.3, 0.4) is 0 Å². The summed E-state index contributed by atoms with van der Waals surface area (Å²) in [7, 11) is 0. The van der Waals surface area contributed by atoms with Crippen molar-refractivity contribution in [1.29, 1.82) is 0 Å². The molecule has 9 rings (SSSR count). The van der Waals surface area contributed by atoms with Gasteiger partial charge in [0, 0.05) is 32.9 Å². The van der Waals surface area contributed by atoms with Crippen molar-refractivity contribution >= 4 is 49.8 Å². The molecule has 7 aromatic carbocycles. The molecule has 0 saturated heterocycles. The number of benzene rings is 7. The standard InChI is InChI=1S/C45H35NO/c1-3-12-31(13-4-1)32-22-24-33(25-23-32)34-26-28-37(29-27-34)46(36-16-5-2-6-17-36)42-30-41-44-38(35-14-7-8-15-35)20-11-21-43(44)47-45(41)40-19-10-9-18-39(40)42/h1-6,9-13,16-30,35H,7-8,14-15H2. The highest BCUT2D eigenvalue weighted by Gasteiger charge is 2.24. The summed E-state index contributed by atoms with van der Waals surface area (Å²) < 4.78 is 6.69. The SMILES string of the molecule is c1ccc(-c2ccc(-c3ccc(N(c4ccccc4)c4cc5c(oc6cccc(C7CCCC7)c65)c5ccccc45)cc3)cc2)cc1. The zero-order valence-electron chi connectivity index (χ0n) is 26.3. The van der Waals surface area contributed by atoms with E-state index < -0.39 is 0 Å². The summed E-state index contributed by atoms with van der Waals surface area (Å²) in [4.78, 5) is 2.40. The van der Waals surface area contributed by atoms with Gasteiger partial charge in [-0.1, -0.05) is 134 Å². The fourth-order valence-corrected chi connectivity index (χ4v) is 7.71. The summed E-state index contributed by atoms with van der Waals surface area (Å²) in [5.74, 6) is 0.592. The van der Waals surface area contributed by atoms with Crippen LogP contribution in [0.25, 0.3) is 55.0 Å². The average Bonchev–Trinajstić information content (AvgIpc) is 3.82. The molecule has 0 N–H and O–H groups in total. The Bertz CT molecular complexity index is 2330. The van der Waals surface area contributed by atoms with E-state index >= 15 is 0 Å². The van der Waals surface area contributed by atoms with Gasteiger partial charge in [-0.3, -0.25) is 0 Å². The van der Waals surface area contributed by atoms with E-state index in [9.17, 15) is 0 Å². The Morgan fingerprint density at radius 1 is 0.468 bits per heavy atom. The molecule has 8 aromatic rings. The molecule has 1 fully saturated rings. The maximum absolute atomic E-state index is 6.69.